The van der Waals surface area contributed by atoms with E-state index in [0.29, 0.717) is 5.02 Å². The van der Waals surface area contributed by atoms with Crippen LogP contribution in [0.25, 0.3) is 11.0 Å². The fraction of sp³-hybridized carbons (Fsp3) is 0.133. The Balaban J connectivity index is 1.94. The van der Waals surface area contributed by atoms with E-state index >= 15 is 0 Å². The molecule has 1 aromatic heterocycles. The molecule has 0 unspecified atom stereocenters. The molecular weight excluding hydrogens is 260 g/mol. The molecule has 0 aliphatic carbocycles. The molecule has 0 saturated carbocycles. The van der Waals surface area contributed by atoms with Crippen LogP contribution in [0.15, 0.2) is 42.5 Å². The number of aromatic amines is 1. The Morgan fingerprint density at radius 2 is 2.05 bits per heavy atom. The summed E-state index contributed by atoms with van der Waals surface area (Å²) >= 11 is 6.12. The Bertz CT molecular complexity index is 721. The smallest absolute Gasteiger partial charge is 0.119 e. The zero-order valence-corrected chi connectivity index (χ0v) is 11.2. The van der Waals surface area contributed by atoms with Gasteiger partial charge in [-0.1, -0.05) is 29.8 Å². The molecule has 0 saturated heterocycles. The van der Waals surface area contributed by atoms with E-state index in [2.05, 4.69) is 16.0 Å². The number of ether oxygens (including phenoxy) is 1. The third-order valence-corrected chi connectivity index (χ3v) is 3.32. The molecule has 3 rings (SSSR count). The summed E-state index contributed by atoms with van der Waals surface area (Å²) in [4.78, 5) is 7.82. The van der Waals surface area contributed by atoms with Crippen molar-refractivity contribution in [3.8, 4) is 5.75 Å². The minimum Gasteiger partial charge on any atom is -0.497 e. The molecule has 0 aliphatic rings. The monoisotopic (exact) mass is 272 g/mol. The van der Waals surface area contributed by atoms with Gasteiger partial charge in [0.15, 0.2) is 0 Å². The topological polar surface area (TPSA) is 37.9 Å². The van der Waals surface area contributed by atoms with E-state index in [4.69, 9.17) is 16.3 Å². The van der Waals surface area contributed by atoms with Crippen molar-refractivity contribution in [1.29, 1.82) is 0 Å². The molecule has 0 spiro atoms. The second-order valence-electron chi connectivity index (χ2n) is 4.35. The molecule has 0 amide bonds. The maximum atomic E-state index is 6.12. The number of imidazole rings is 1. The van der Waals surface area contributed by atoms with Crippen molar-refractivity contribution in [1.82, 2.24) is 9.97 Å². The minimum absolute atomic E-state index is 0.672. The highest BCUT2D eigenvalue weighted by molar-refractivity contribution is 6.34. The number of fused-ring (bicyclic) bond motifs is 1. The number of rotatable bonds is 3. The van der Waals surface area contributed by atoms with Gasteiger partial charge in [0.2, 0.25) is 0 Å². The zero-order valence-electron chi connectivity index (χ0n) is 10.5. The van der Waals surface area contributed by atoms with E-state index < -0.39 is 0 Å². The van der Waals surface area contributed by atoms with E-state index in [9.17, 15) is 0 Å². The largest absolute Gasteiger partial charge is 0.497 e. The second-order valence-corrected chi connectivity index (χ2v) is 4.76. The van der Waals surface area contributed by atoms with Crippen LogP contribution in [0.5, 0.6) is 5.75 Å². The Kier molecular flexibility index (Phi) is 3.13. The van der Waals surface area contributed by atoms with Gasteiger partial charge in [-0.15, -0.1) is 0 Å². The van der Waals surface area contributed by atoms with Crippen molar-refractivity contribution in [3.05, 3.63) is 58.9 Å². The van der Waals surface area contributed by atoms with E-state index in [1.54, 1.807) is 7.11 Å². The van der Waals surface area contributed by atoms with Gasteiger partial charge in [-0.2, -0.15) is 0 Å². The van der Waals surface area contributed by atoms with Crippen LogP contribution < -0.4 is 4.74 Å². The fourth-order valence-electron chi connectivity index (χ4n) is 2.11. The van der Waals surface area contributed by atoms with Crippen LogP contribution in [0.3, 0.4) is 0 Å². The molecule has 3 nitrogen and oxygen atoms in total. The summed E-state index contributed by atoms with van der Waals surface area (Å²) < 4.78 is 5.22. The van der Waals surface area contributed by atoms with Gasteiger partial charge in [-0.3, -0.25) is 0 Å². The number of para-hydroxylation sites is 1. The fourth-order valence-corrected chi connectivity index (χ4v) is 2.32. The van der Waals surface area contributed by atoms with Crippen molar-refractivity contribution < 1.29 is 4.74 Å². The predicted molar refractivity (Wildman–Crippen MR) is 76.9 cm³/mol. The van der Waals surface area contributed by atoms with Crippen LogP contribution >= 0.6 is 11.6 Å². The van der Waals surface area contributed by atoms with E-state index in [-0.39, 0.29) is 0 Å². The van der Waals surface area contributed by atoms with E-state index in [0.717, 1.165) is 34.6 Å². The molecule has 1 N–H and O–H groups in total. The average molecular weight is 273 g/mol. The van der Waals surface area contributed by atoms with Crippen LogP contribution in [0.1, 0.15) is 11.4 Å². The van der Waals surface area contributed by atoms with Gasteiger partial charge in [0, 0.05) is 6.42 Å². The van der Waals surface area contributed by atoms with E-state index in [1.165, 1.54) is 0 Å². The van der Waals surface area contributed by atoms with E-state index in [1.807, 2.05) is 36.4 Å². The summed E-state index contributed by atoms with van der Waals surface area (Å²) in [6.07, 6.45) is 0.724. The molecule has 2 aromatic carbocycles. The molecule has 19 heavy (non-hydrogen) atoms. The van der Waals surface area contributed by atoms with Crippen LogP contribution in [0, 0.1) is 0 Å². The van der Waals surface area contributed by atoms with Crippen molar-refractivity contribution in [2.75, 3.05) is 7.11 Å². The van der Waals surface area contributed by atoms with Gasteiger partial charge in [-0.25, -0.2) is 4.98 Å². The second kappa shape index (κ2) is 4.94. The van der Waals surface area contributed by atoms with Gasteiger partial charge < -0.3 is 9.72 Å². The number of nitrogens with one attached hydrogen (secondary N) is 1. The first-order chi connectivity index (χ1) is 9.26. The standard InChI is InChI=1S/C15H13ClN2O/c1-19-11-5-2-4-10(8-11)9-14-17-13-7-3-6-12(16)15(13)18-14/h2-8H,9H2,1H3,(H,17,18). The summed E-state index contributed by atoms with van der Waals surface area (Å²) in [6.45, 7) is 0. The molecule has 0 fully saturated rings. The van der Waals surface area contributed by atoms with Gasteiger partial charge >= 0.3 is 0 Å². The van der Waals surface area contributed by atoms with Crippen LogP contribution in [-0.2, 0) is 6.42 Å². The first kappa shape index (κ1) is 12.1. The highest BCUT2D eigenvalue weighted by Crippen LogP contribution is 2.22. The third kappa shape index (κ3) is 2.42. The van der Waals surface area contributed by atoms with Crippen molar-refractivity contribution >= 4 is 22.6 Å². The lowest BCUT2D eigenvalue weighted by molar-refractivity contribution is 0.414. The maximum Gasteiger partial charge on any atom is 0.119 e. The summed E-state index contributed by atoms with van der Waals surface area (Å²) in [7, 11) is 1.67. The average Bonchev–Trinajstić information content (AvgIpc) is 2.83. The van der Waals surface area contributed by atoms with Crippen molar-refractivity contribution in [2.45, 2.75) is 6.42 Å². The minimum atomic E-state index is 0.672. The quantitative estimate of drug-likeness (QED) is 0.787. The molecule has 0 atom stereocenters. The Morgan fingerprint density at radius 3 is 2.84 bits per heavy atom. The first-order valence-electron chi connectivity index (χ1n) is 6.02. The van der Waals surface area contributed by atoms with Crippen LogP contribution in [0.4, 0.5) is 0 Å². The number of H-pyrrole nitrogens is 1. The molecule has 0 radical (unpaired) electrons. The van der Waals surface area contributed by atoms with Crippen molar-refractivity contribution in [2.24, 2.45) is 0 Å². The zero-order chi connectivity index (χ0) is 13.2. The maximum absolute atomic E-state index is 6.12. The van der Waals surface area contributed by atoms with Gasteiger partial charge in [0.1, 0.15) is 17.1 Å². The third-order valence-electron chi connectivity index (χ3n) is 3.02. The highest BCUT2D eigenvalue weighted by atomic mass is 35.5. The van der Waals surface area contributed by atoms with Gasteiger partial charge in [-0.05, 0) is 29.8 Å². The Morgan fingerprint density at radius 1 is 1.21 bits per heavy atom. The van der Waals surface area contributed by atoms with Crippen molar-refractivity contribution in [3.63, 3.8) is 0 Å². The molecule has 4 heteroatoms. The lowest BCUT2D eigenvalue weighted by atomic mass is 10.1. The summed E-state index contributed by atoms with van der Waals surface area (Å²) in [5, 5.41) is 0.672. The lowest BCUT2D eigenvalue weighted by Crippen LogP contribution is -1.91. The molecule has 0 aliphatic heterocycles. The number of hydrogen-bond donors (Lipinski definition) is 1. The lowest BCUT2D eigenvalue weighted by Gasteiger charge is -2.02. The number of benzene rings is 2. The summed E-state index contributed by atoms with van der Waals surface area (Å²) in [6, 6.07) is 13.7. The predicted octanol–water partition coefficient (Wildman–Crippen LogP) is 3.82. The summed E-state index contributed by atoms with van der Waals surface area (Å²) in [5.41, 5.74) is 2.93. The molecular formula is C15H13ClN2O. The van der Waals surface area contributed by atoms with Crippen LogP contribution in [0.2, 0.25) is 5.02 Å². The number of halogens is 1. The molecule has 3 aromatic rings. The highest BCUT2D eigenvalue weighted by Gasteiger charge is 2.06. The number of methoxy groups -OCH3 is 1. The normalized spacial score (nSPS) is 10.8. The number of hydrogen-bond acceptors (Lipinski definition) is 2. The molecule has 1 heterocycles. The molecule has 96 valence electrons. The van der Waals surface area contributed by atoms with Crippen LogP contribution in [-0.4, -0.2) is 17.1 Å². The first-order valence-corrected chi connectivity index (χ1v) is 6.40. The van der Waals surface area contributed by atoms with Gasteiger partial charge in [0.25, 0.3) is 0 Å². The van der Waals surface area contributed by atoms with Gasteiger partial charge in [0.05, 0.1) is 17.6 Å². The summed E-state index contributed by atoms with van der Waals surface area (Å²) in [5.74, 6) is 1.75. The Labute approximate surface area is 116 Å². The number of nitrogens with zero attached hydrogens (tertiary/aromatic N) is 1. The Hall–Kier alpha value is -2.00. The number of aromatic nitrogens is 2. The SMILES string of the molecule is COc1cccc(Cc2nc3c(Cl)cccc3[nH]2)c1. The molecule has 0 bridgehead atoms.